The van der Waals surface area contributed by atoms with Gasteiger partial charge in [0.15, 0.2) is 0 Å². The molecule has 1 amide bonds. The van der Waals surface area contributed by atoms with Crippen molar-refractivity contribution in [2.75, 3.05) is 39.3 Å². The Labute approximate surface area is 113 Å². The van der Waals surface area contributed by atoms with Crippen molar-refractivity contribution >= 4 is 5.91 Å². The van der Waals surface area contributed by atoms with Crippen molar-refractivity contribution in [1.29, 1.82) is 0 Å². The lowest BCUT2D eigenvalue weighted by atomic mass is 10.2. The molecule has 0 saturated carbocycles. The Bertz CT molecular complexity index is 444. The van der Waals surface area contributed by atoms with Gasteiger partial charge in [0.25, 0.3) is 5.91 Å². The van der Waals surface area contributed by atoms with Gasteiger partial charge >= 0.3 is 0 Å². The van der Waals surface area contributed by atoms with Crippen molar-refractivity contribution in [3.05, 3.63) is 17.5 Å². The van der Waals surface area contributed by atoms with E-state index in [-0.39, 0.29) is 12.5 Å². The van der Waals surface area contributed by atoms with E-state index in [9.17, 15) is 4.79 Å². The van der Waals surface area contributed by atoms with Crippen LogP contribution in [-0.4, -0.2) is 69.9 Å². The second-order valence-electron chi connectivity index (χ2n) is 4.98. The third-order valence-electron chi connectivity index (χ3n) is 3.76. The Balaban J connectivity index is 2.02. The van der Waals surface area contributed by atoms with Crippen LogP contribution in [0.3, 0.4) is 0 Å². The third kappa shape index (κ3) is 3.13. The van der Waals surface area contributed by atoms with Crippen LogP contribution in [0, 0.1) is 6.92 Å². The SMILES string of the molecule is Cc1c(C(=O)N2CCCN(CCO)CC2)cnn1C. The fraction of sp³-hybridized carbons (Fsp3) is 0.692. The predicted octanol–water partition coefficient (Wildman–Crippen LogP) is -0.131. The molecule has 1 fully saturated rings. The summed E-state index contributed by atoms with van der Waals surface area (Å²) in [5.41, 5.74) is 1.60. The quantitative estimate of drug-likeness (QED) is 0.828. The second-order valence-corrected chi connectivity index (χ2v) is 4.98. The van der Waals surface area contributed by atoms with Gasteiger partial charge in [-0.2, -0.15) is 5.10 Å². The number of carbonyl (C=O) groups excluding carboxylic acids is 1. The zero-order valence-corrected chi connectivity index (χ0v) is 11.7. The molecule has 2 heterocycles. The molecule has 0 spiro atoms. The number of aliphatic hydroxyl groups is 1. The zero-order valence-electron chi connectivity index (χ0n) is 11.7. The average Bonchev–Trinajstić information content (AvgIpc) is 2.62. The van der Waals surface area contributed by atoms with Crippen LogP contribution in [0.2, 0.25) is 0 Å². The van der Waals surface area contributed by atoms with Gasteiger partial charge in [0, 0.05) is 38.9 Å². The molecular weight excluding hydrogens is 244 g/mol. The van der Waals surface area contributed by atoms with E-state index in [1.54, 1.807) is 10.9 Å². The van der Waals surface area contributed by atoms with Crippen molar-refractivity contribution in [2.45, 2.75) is 13.3 Å². The van der Waals surface area contributed by atoms with Gasteiger partial charge in [0.2, 0.25) is 0 Å². The maximum Gasteiger partial charge on any atom is 0.257 e. The first-order chi connectivity index (χ1) is 9.13. The number of aromatic nitrogens is 2. The molecule has 1 aromatic heterocycles. The summed E-state index contributed by atoms with van der Waals surface area (Å²) < 4.78 is 1.73. The Hall–Kier alpha value is -1.40. The van der Waals surface area contributed by atoms with Crippen molar-refractivity contribution in [2.24, 2.45) is 7.05 Å². The molecule has 0 atom stereocenters. The van der Waals surface area contributed by atoms with Gasteiger partial charge in [-0.3, -0.25) is 14.4 Å². The van der Waals surface area contributed by atoms with E-state index >= 15 is 0 Å². The van der Waals surface area contributed by atoms with Crippen molar-refractivity contribution in [3.63, 3.8) is 0 Å². The van der Waals surface area contributed by atoms with Gasteiger partial charge in [-0.05, 0) is 19.9 Å². The van der Waals surface area contributed by atoms with Gasteiger partial charge in [-0.1, -0.05) is 0 Å². The van der Waals surface area contributed by atoms with Crippen molar-refractivity contribution in [3.8, 4) is 0 Å². The summed E-state index contributed by atoms with van der Waals surface area (Å²) in [7, 11) is 1.84. The number of aryl methyl sites for hydroxylation is 1. The molecule has 0 aliphatic carbocycles. The monoisotopic (exact) mass is 266 g/mol. The Kier molecular flexibility index (Phi) is 4.55. The van der Waals surface area contributed by atoms with E-state index in [2.05, 4.69) is 10.00 Å². The van der Waals surface area contributed by atoms with Gasteiger partial charge in [-0.15, -0.1) is 0 Å². The minimum Gasteiger partial charge on any atom is -0.395 e. The lowest BCUT2D eigenvalue weighted by molar-refractivity contribution is 0.0759. The molecule has 1 aromatic rings. The first kappa shape index (κ1) is 14.0. The minimum atomic E-state index is 0.0662. The normalized spacial score (nSPS) is 17.5. The first-order valence-corrected chi connectivity index (χ1v) is 6.74. The summed E-state index contributed by atoms with van der Waals surface area (Å²) in [6, 6.07) is 0. The highest BCUT2D eigenvalue weighted by molar-refractivity contribution is 5.95. The van der Waals surface area contributed by atoms with Gasteiger partial charge in [-0.25, -0.2) is 0 Å². The standard InChI is InChI=1S/C13H22N4O2/c1-11-12(10-14-15(11)2)13(19)17-5-3-4-16(6-7-17)8-9-18/h10,18H,3-9H2,1-2H3. The zero-order chi connectivity index (χ0) is 13.8. The molecule has 0 radical (unpaired) electrons. The molecule has 6 nitrogen and oxygen atoms in total. The smallest absolute Gasteiger partial charge is 0.257 e. The molecule has 1 aliphatic heterocycles. The van der Waals surface area contributed by atoms with E-state index in [4.69, 9.17) is 5.11 Å². The molecule has 1 aliphatic rings. The van der Waals surface area contributed by atoms with Crippen LogP contribution in [0.4, 0.5) is 0 Å². The number of carbonyl (C=O) groups is 1. The van der Waals surface area contributed by atoms with Crippen LogP contribution in [-0.2, 0) is 7.05 Å². The molecular formula is C13H22N4O2. The summed E-state index contributed by atoms with van der Waals surface area (Å²) >= 11 is 0. The minimum absolute atomic E-state index is 0.0662. The summed E-state index contributed by atoms with van der Waals surface area (Å²) in [6.07, 6.45) is 2.60. The highest BCUT2D eigenvalue weighted by atomic mass is 16.3. The summed E-state index contributed by atoms with van der Waals surface area (Å²) in [6.45, 7) is 6.03. The van der Waals surface area contributed by atoms with E-state index in [0.29, 0.717) is 18.7 Å². The Morgan fingerprint density at radius 2 is 2.16 bits per heavy atom. The number of nitrogens with zero attached hydrogens (tertiary/aromatic N) is 4. The van der Waals surface area contributed by atoms with Crippen LogP contribution in [0.1, 0.15) is 22.5 Å². The van der Waals surface area contributed by atoms with Gasteiger partial charge in [0.05, 0.1) is 18.4 Å². The highest BCUT2D eigenvalue weighted by Gasteiger charge is 2.22. The molecule has 106 valence electrons. The molecule has 0 unspecified atom stereocenters. The lowest BCUT2D eigenvalue weighted by Gasteiger charge is -2.21. The Morgan fingerprint density at radius 1 is 1.37 bits per heavy atom. The van der Waals surface area contributed by atoms with E-state index in [0.717, 1.165) is 31.7 Å². The largest absolute Gasteiger partial charge is 0.395 e. The number of hydrogen-bond donors (Lipinski definition) is 1. The number of β-amino-alcohol motifs (C(OH)–C–C–N with tert-alkyl or cyclic N) is 1. The molecule has 19 heavy (non-hydrogen) atoms. The maximum atomic E-state index is 12.5. The summed E-state index contributed by atoms with van der Waals surface area (Å²) in [5, 5.41) is 13.1. The van der Waals surface area contributed by atoms with Crippen molar-refractivity contribution in [1.82, 2.24) is 19.6 Å². The maximum absolute atomic E-state index is 12.5. The Morgan fingerprint density at radius 3 is 2.79 bits per heavy atom. The molecule has 0 bridgehead atoms. The van der Waals surface area contributed by atoms with E-state index in [1.165, 1.54) is 0 Å². The average molecular weight is 266 g/mol. The van der Waals surface area contributed by atoms with Crippen molar-refractivity contribution < 1.29 is 9.90 Å². The topological polar surface area (TPSA) is 61.6 Å². The van der Waals surface area contributed by atoms with Crippen LogP contribution in [0.15, 0.2) is 6.20 Å². The number of amides is 1. The fourth-order valence-electron chi connectivity index (χ4n) is 2.42. The number of aliphatic hydroxyl groups excluding tert-OH is 1. The van der Waals surface area contributed by atoms with E-state index < -0.39 is 0 Å². The summed E-state index contributed by atoms with van der Waals surface area (Å²) in [5.74, 6) is 0.0662. The van der Waals surface area contributed by atoms with Crippen LogP contribution >= 0.6 is 0 Å². The van der Waals surface area contributed by atoms with Crippen LogP contribution < -0.4 is 0 Å². The fourth-order valence-corrected chi connectivity index (χ4v) is 2.42. The lowest BCUT2D eigenvalue weighted by Crippen LogP contribution is -2.36. The highest BCUT2D eigenvalue weighted by Crippen LogP contribution is 2.12. The van der Waals surface area contributed by atoms with Gasteiger partial charge < -0.3 is 10.0 Å². The number of rotatable bonds is 3. The van der Waals surface area contributed by atoms with E-state index in [1.807, 2.05) is 18.9 Å². The summed E-state index contributed by atoms with van der Waals surface area (Å²) in [4.78, 5) is 16.5. The predicted molar refractivity (Wildman–Crippen MR) is 72.0 cm³/mol. The molecule has 1 saturated heterocycles. The van der Waals surface area contributed by atoms with Crippen LogP contribution in [0.5, 0.6) is 0 Å². The number of hydrogen-bond acceptors (Lipinski definition) is 4. The first-order valence-electron chi connectivity index (χ1n) is 6.74. The molecule has 2 rings (SSSR count). The van der Waals surface area contributed by atoms with Crippen LogP contribution in [0.25, 0.3) is 0 Å². The molecule has 1 N–H and O–H groups in total. The second kappa shape index (κ2) is 6.16. The molecule has 0 aromatic carbocycles. The van der Waals surface area contributed by atoms with Gasteiger partial charge in [0.1, 0.15) is 0 Å². The molecule has 6 heteroatoms. The third-order valence-corrected chi connectivity index (χ3v) is 3.76.